The average molecular weight is 232 g/mol. The van der Waals surface area contributed by atoms with Crippen LogP contribution in [-0.4, -0.2) is 28.9 Å². The quantitative estimate of drug-likeness (QED) is 0.250. The van der Waals surface area contributed by atoms with E-state index in [1.807, 2.05) is 30.3 Å². The van der Waals surface area contributed by atoms with Crippen LogP contribution in [0.4, 0.5) is 0 Å². The van der Waals surface area contributed by atoms with Crippen LogP contribution in [-0.2, 0) is 20.7 Å². The number of carbonyl (C=O) groups is 2. The highest BCUT2D eigenvalue weighted by Gasteiger charge is 2.27. The lowest BCUT2D eigenvalue weighted by atomic mass is 10.2. The van der Waals surface area contributed by atoms with E-state index in [2.05, 4.69) is 4.79 Å². The first-order valence-electron chi connectivity index (χ1n) is 5.09. The zero-order valence-corrected chi connectivity index (χ0v) is 9.42. The van der Waals surface area contributed by atoms with Crippen molar-refractivity contribution in [2.24, 2.45) is 0 Å². The lowest BCUT2D eigenvalue weighted by Crippen LogP contribution is -2.26. The molecule has 0 amide bonds. The molecular formula is C12H12N2O3. The Labute approximate surface area is 98.6 Å². The van der Waals surface area contributed by atoms with Gasteiger partial charge in [-0.3, -0.25) is 4.79 Å². The molecule has 0 aliphatic heterocycles. The van der Waals surface area contributed by atoms with Gasteiger partial charge in [0.1, 0.15) is 0 Å². The van der Waals surface area contributed by atoms with Crippen molar-refractivity contribution in [3.63, 3.8) is 0 Å². The fourth-order valence-corrected chi connectivity index (χ4v) is 1.23. The third-order valence-electron chi connectivity index (χ3n) is 2.09. The average Bonchev–Trinajstić information content (AvgIpc) is 2.30. The first kappa shape index (κ1) is 12.8. The van der Waals surface area contributed by atoms with E-state index >= 15 is 0 Å². The molecule has 1 aromatic carbocycles. The predicted molar refractivity (Wildman–Crippen MR) is 60.4 cm³/mol. The number of esters is 1. The van der Waals surface area contributed by atoms with Gasteiger partial charge in [0, 0.05) is 13.3 Å². The number of carbonyl (C=O) groups excluding carboxylic acids is 2. The van der Waals surface area contributed by atoms with Crippen LogP contribution in [0.3, 0.4) is 0 Å². The molecule has 0 aliphatic rings. The van der Waals surface area contributed by atoms with E-state index in [1.54, 1.807) is 0 Å². The number of hydrogen-bond acceptors (Lipinski definition) is 3. The molecule has 0 fully saturated rings. The van der Waals surface area contributed by atoms with E-state index in [1.165, 1.54) is 0 Å². The maximum atomic E-state index is 11.3. The van der Waals surface area contributed by atoms with Crippen LogP contribution in [0.2, 0.25) is 0 Å². The van der Waals surface area contributed by atoms with Gasteiger partial charge in [0.05, 0.1) is 6.61 Å². The van der Waals surface area contributed by atoms with E-state index in [4.69, 9.17) is 10.3 Å². The zero-order chi connectivity index (χ0) is 12.7. The second-order valence-electron chi connectivity index (χ2n) is 3.38. The highest BCUT2D eigenvalue weighted by atomic mass is 16.5. The number of ether oxygens (including phenoxy) is 1. The first-order valence-corrected chi connectivity index (χ1v) is 5.09. The van der Waals surface area contributed by atoms with Crippen LogP contribution < -0.4 is 0 Å². The smallest absolute Gasteiger partial charge is 0.441 e. The van der Waals surface area contributed by atoms with Crippen molar-refractivity contribution in [2.45, 2.75) is 13.3 Å². The van der Waals surface area contributed by atoms with Gasteiger partial charge in [-0.2, -0.15) is 4.79 Å². The number of rotatable bonds is 5. The second kappa shape index (κ2) is 6.35. The maximum absolute atomic E-state index is 11.3. The van der Waals surface area contributed by atoms with E-state index in [9.17, 15) is 9.59 Å². The SMILES string of the molecule is CC(=O)C(=[N+]=[N-])C(=O)OCCc1ccccc1. The molecule has 0 radical (unpaired) electrons. The number of Topliss-reactive ketones (excluding diaryl/α,β-unsaturated/α-hetero) is 1. The Balaban J connectivity index is 2.45. The van der Waals surface area contributed by atoms with Crippen LogP contribution >= 0.6 is 0 Å². The molecule has 1 rings (SSSR count). The Bertz CT molecular complexity index is 462. The van der Waals surface area contributed by atoms with Crippen LogP contribution in [0.1, 0.15) is 12.5 Å². The van der Waals surface area contributed by atoms with E-state index in [0.29, 0.717) is 6.42 Å². The molecule has 5 nitrogen and oxygen atoms in total. The monoisotopic (exact) mass is 232 g/mol. The molecule has 0 N–H and O–H groups in total. The van der Waals surface area contributed by atoms with Gasteiger partial charge in [-0.15, -0.1) is 0 Å². The number of benzene rings is 1. The molecule has 0 bridgehead atoms. The van der Waals surface area contributed by atoms with Crippen LogP contribution in [0.5, 0.6) is 0 Å². The number of hydrogen-bond donors (Lipinski definition) is 0. The van der Waals surface area contributed by atoms with Crippen molar-refractivity contribution in [1.82, 2.24) is 0 Å². The standard InChI is InChI=1S/C12H12N2O3/c1-9(15)11(14-13)12(16)17-8-7-10-5-3-2-4-6-10/h2-6H,7-8H2,1H3. The molecule has 0 heterocycles. The van der Waals surface area contributed by atoms with Crippen molar-refractivity contribution in [1.29, 1.82) is 0 Å². The fourth-order valence-electron chi connectivity index (χ4n) is 1.23. The summed E-state index contributed by atoms with van der Waals surface area (Å²) < 4.78 is 4.81. The number of nitrogens with zero attached hydrogens (tertiary/aromatic N) is 2. The lowest BCUT2D eigenvalue weighted by Gasteiger charge is -2.01. The van der Waals surface area contributed by atoms with E-state index < -0.39 is 17.5 Å². The van der Waals surface area contributed by atoms with Crippen LogP contribution in [0, 0.1) is 0 Å². The Morgan fingerprint density at radius 3 is 2.47 bits per heavy atom. The molecule has 1 aromatic rings. The Hall–Kier alpha value is -2.26. The van der Waals surface area contributed by atoms with Gasteiger partial charge in [0.2, 0.25) is 5.78 Å². The summed E-state index contributed by atoms with van der Waals surface area (Å²) in [5.41, 5.74) is 8.88. The molecule has 88 valence electrons. The molecule has 0 saturated carbocycles. The molecule has 5 heteroatoms. The molecule has 0 saturated heterocycles. The summed E-state index contributed by atoms with van der Waals surface area (Å²) >= 11 is 0. The highest BCUT2D eigenvalue weighted by Crippen LogP contribution is 1.99. The van der Waals surface area contributed by atoms with Crippen LogP contribution in [0.15, 0.2) is 30.3 Å². The van der Waals surface area contributed by atoms with Gasteiger partial charge in [0.15, 0.2) is 0 Å². The van der Waals surface area contributed by atoms with Gasteiger partial charge in [0.25, 0.3) is 0 Å². The summed E-state index contributed by atoms with van der Waals surface area (Å²) in [6.07, 6.45) is 0.545. The second-order valence-corrected chi connectivity index (χ2v) is 3.38. The predicted octanol–water partition coefficient (Wildman–Crippen LogP) is 1.03. The molecule has 17 heavy (non-hydrogen) atoms. The van der Waals surface area contributed by atoms with Gasteiger partial charge in [-0.1, -0.05) is 30.3 Å². The van der Waals surface area contributed by atoms with Gasteiger partial charge >= 0.3 is 11.7 Å². The third-order valence-corrected chi connectivity index (χ3v) is 2.09. The summed E-state index contributed by atoms with van der Waals surface area (Å²) in [6, 6.07) is 9.46. The molecule has 0 aromatic heterocycles. The first-order chi connectivity index (χ1) is 8.15. The fraction of sp³-hybridized carbons (Fsp3) is 0.250. The Morgan fingerprint density at radius 1 is 1.29 bits per heavy atom. The summed E-state index contributed by atoms with van der Waals surface area (Å²) in [4.78, 5) is 24.7. The normalized spacial score (nSPS) is 9.24. The minimum Gasteiger partial charge on any atom is -0.456 e. The van der Waals surface area contributed by atoms with E-state index in [-0.39, 0.29) is 6.61 Å². The molecule has 0 aliphatic carbocycles. The molecule has 0 atom stereocenters. The van der Waals surface area contributed by atoms with Crippen LogP contribution in [0.25, 0.3) is 5.53 Å². The largest absolute Gasteiger partial charge is 0.456 e. The van der Waals surface area contributed by atoms with Crippen molar-refractivity contribution in [2.75, 3.05) is 6.61 Å². The topological polar surface area (TPSA) is 79.8 Å². The Kier molecular flexibility index (Phi) is 4.78. The summed E-state index contributed by atoms with van der Waals surface area (Å²) in [6.45, 7) is 1.27. The zero-order valence-electron chi connectivity index (χ0n) is 9.42. The minimum absolute atomic E-state index is 0.134. The molecule has 0 spiro atoms. The summed E-state index contributed by atoms with van der Waals surface area (Å²) in [7, 11) is 0. The highest BCUT2D eigenvalue weighted by molar-refractivity contribution is 6.61. The summed E-state index contributed by atoms with van der Waals surface area (Å²) in [5.74, 6) is -1.53. The van der Waals surface area contributed by atoms with E-state index in [0.717, 1.165) is 12.5 Å². The molecule has 0 unspecified atom stereocenters. The van der Waals surface area contributed by atoms with Crippen molar-refractivity contribution < 1.29 is 19.1 Å². The maximum Gasteiger partial charge on any atom is 0.441 e. The molecular weight excluding hydrogens is 220 g/mol. The van der Waals surface area contributed by atoms with Crippen molar-refractivity contribution >= 4 is 17.5 Å². The van der Waals surface area contributed by atoms with Gasteiger partial charge in [-0.05, 0) is 5.56 Å². The minimum atomic E-state index is -0.907. The van der Waals surface area contributed by atoms with Gasteiger partial charge < -0.3 is 10.3 Å². The van der Waals surface area contributed by atoms with Crippen molar-refractivity contribution in [3.05, 3.63) is 41.4 Å². The summed E-state index contributed by atoms with van der Waals surface area (Å²) in [5, 5.41) is 0. The Morgan fingerprint density at radius 2 is 1.94 bits per heavy atom. The number of ketones is 1. The third kappa shape index (κ3) is 4.01. The van der Waals surface area contributed by atoms with Gasteiger partial charge in [-0.25, -0.2) is 4.79 Å². The van der Waals surface area contributed by atoms with Crippen molar-refractivity contribution in [3.8, 4) is 0 Å². The lowest BCUT2D eigenvalue weighted by molar-refractivity contribution is -0.141.